The lowest BCUT2D eigenvalue weighted by Crippen LogP contribution is -2.13. The number of carbonyl (C=O) groups is 2. The van der Waals surface area contributed by atoms with Crippen molar-refractivity contribution in [3.63, 3.8) is 0 Å². The third-order valence-corrected chi connectivity index (χ3v) is 4.47. The fourth-order valence-electron chi connectivity index (χ4n) is 2.23. The second-order valence-electron chi connectivity index (χ2n) is 5.71. The molecule has 1 amide bonds. The number of carboxylic acid groups (broad SMARTS) is 1. The van der Waals surface area contributed by atoms with Crippen LogP contribution in [0.15, 0.2) is 41.0 Å². The van der Waals surface area contributed by atoms with Crippen LogP contribution >= 0.6 is 11.8 Å². The number of rotatable bonds is 8. The van der Waals surface area contributed by atoms with E-state index in [9.17, 15) is 9.59 Å². The number of hydrogen-bond donors (Lipinski definition) is 2. The fourth-order valence-corrected chi connectivity index (χ4v) is 3.11. The van der Waals surface area contributed by atoms with Crippen LogP contribution in [0, 0.1) is 0 Å². The van der Waals surface area contributed by atoms with E-state index in [-0.39, 0.29) is 18.2 Å². The second-order valence-corrected chi connectivity index (χ2v) is 6.82. The minimum Gasteiger partial charge on any atom is -0.481 e. The highest BCUT2D eigenvalue weighted by molar-refractivity contribution is 7.98. The molecule has 0 fully saturated rings. The van der Waals surface area contributed by atoms with Gasteiger partial charge in [-0.1, -0.05) is 26.0 Å². The Morgan fingerprint density at radius 1 is 1.29 bits per heavy atom. The molecule has 2 N–H and O–H groups in total. The summed E-state index contributed by atoms with van der Waals surface area (Å²) in [4.78, 5) is 22.9. The van der Waals surface area contributed by atoms with E-state index in [4.69, 9.17) is 9.52 Å². The minimum atomic E-state index is -0.789. The number of benzene rings is 1. The molecule has 0 radical (unpaired) electrons. The summed E-state index contributed by atoms with van der Waals surface area (Å²) in [5, 5.41) is 11.5. The van der Waals surface area contributed by atoms with Gasteiger partial charge in [0.1, 0.15) is 0 Å². The van der Waals surface area contributed by atoms with Crippen molar-refractivity contribution in [3.8, 4) is 0 Å². The van der Waals surface area contributed by atoms with Gasteiger partial charge in [0.25, 0.3) is 5.91 Å². The predicted molar refractivity (Wildman–Crippen MR) is 95.6 cm³/mol. The van der Waals surface area contributed by atoms with Crippen LogP contribution in [0.25, 0.3) is 0 Å². The van der Waals surface area contributed by atoms with Crippen molar-refractivity contribution in [2.24, 2.45) is 0 Å². The van der Waals surface area contributed by atoms with E-state index >= 15 is 0 Å². The lowest BCUT2D eigenvalue weighted by molar-refractivity contribution is -0.136. The van der Waals surface area contributed by atoms with Crippen LogP contribution in [-0.4, -0.2) is 22.7 Å². The summed E-state index contributed by atoms with van der Waals surface area (Å²) in [6, 6.07) is 9.35. The quantitative estimate of drug-likeness (QED) is 0.694. The Labute approximate surface area is 145 Å². The zero-order valence-corrected chi connectivity index (χ0v) is 14.6. The normalized spacial score (nSPS) is 10.8. The molecule has 0 bridgehead atoms. The first-order chi connectivity index (χ1) is 11.5. The van der Waals surface area contributed by atoms with Gasteiger partial charge in [0.15, 0.2) is 5.76 Å². The molecule has 2 aromatic rings. The Morgan fingerprint density at radius 3 is 2.79 bits per heavy atom. The molecule has 0 aliphatic heterocycles. The second kappa shape index (κ2) is 8.59. The van der Waals surface area contributed by atoms with Crippen LogP contribution in [0.1, 0.15) is 47.9 Å². The SMILES string of the molecule is CC(C)c1ccoc1C(=O)Nc1cccc(CSCCC(=O)O)c1. The largest absolute Gasteiger partial charge is 0.481 e. The summed E-state index contributed by atoms with van der Waals surface area (Å²) in [6.45, 7) is 4.02. The van der Waals surface area contributed by atoms with Gasteiger partial charge in [-0.3, -0.25) is 9.59 Å². The van der Waals surface area contributed by atoms with Gasteiger partial charge in [0, 0.05) is 22.8 Å². The van der Waals surface area contributed by atoms with Gasteiger partial charge in [0.05, 0.1) is 12.7 Å². The van der Waals surface area contributed by atoms with Crippen LogP contribution in [-0.2, 0) is 10.5 Å². The molecule has 0 saturated heterocycles. The minimum absolute atomic E-state index is 0.150. The van der Waals surface area contributed by atoms with Crippen LogP contribution < -0.4 is 5.32 Å². The molecular formula is C18H21NO4S. The number of amides is 1. The van der Waals surface area contributed by atoms with Crippen molar-refractivity contribution in [1.82, 2.24) is 0 Å². The maximum absolute atomic E-state index is 12.4. The van der Waals surface area contributed by atoms with Gasteiger partial charge in [-0.05, 0) is 29.7 Å². The number of carbonyl (C=O) groups excluding carboxylic acids is 1. The first kappa shape index (κ1) is 18.1. The number of anilines is 1. The van der Waals surface area contributed by atoms with Gasteiger partial charge in [-0.15, -0.1) is 0 Å². The summed E-state index contributed by atoms with van der Waals surface area (Å²) in [6.07, 6.45) is 1.68. The van der Waals surface area contributed by atoms with E-state index in [1.54, 1.807) is 11.8 Å². The van der Waals surface area contributed by atoms with Crippen molar-refractivity contribution in [2.75, 3.05) is 11.1 Å². The van der Waals surface area contributed by atoms with Gasteiger partial charge in [0.2, 0.25) is 0 Å². The molecule has 0 atom stereocenters. The van der Waals surface area contributed by atoms with Crippen molar-refractivity contribution in [3.05, 3.63) is 53.5 Å². The van der Waals surface area contributed by atoms with E-state index < -0.39 is 5.97 Å². The summed E-state index contributed by atoms with van der Waals surface area (Å²) >= 11 is 1.55. The zero-order chi connectivity index (χ0) is 17.5. The number of aliphatic carboxylic acids is 1. The summed E-state index contributed by atoms with van der Waals surface area (Å²) in [7, 11) is 0. The van der Waals surface area contributed by atoms with Gasteiger partial charge in [-0.25, -0.2) is 0 Å². The molecule has 0 aliphatic rings. The number of furan rings is 1. The van der Waals surface area contributed by atoms with Crippen LogP contribution in [0.4, 0.5) is 5.69 Å². The van der Waals surface area contributed by atoms with Crippen molar-refractivity contribution < 1.29 is 19.1 Å². The Kier molecular flexibility index (Phi) is 6.49. The van der Waals surface area contributed by atoms with E-state index in [0.29, 0.717) is 23.0 Å². The summed E-state index contributed by atoms with van der Waals surface area (Å²) < 4.78 is 5.32. The van der Waals surface area contributed by atoms with Crippen molar-refractivity contribution in [2.45, 2.75) is 31.9 Å². The molecule has 0 spiro atoms. The van der Waals surface area contributed by atoms with Crippen LogP contribution in [0.3, 0.4) is 0 Å². The number of carboxylic acids is 1. The van der Waals surface area contributed by atoms with Gasteiger partial charge in [-0.2, -0.15) is 11.8 Å². The van der Waals surface area contributed by atoms with E-state index in [0.717, 1.165) is 11.1 Å². The molecule has 1 heterocycles. The molecule has 2 rings (SSSR count). The number of nitrogens with one attached hydrogen (secondary N) is 1. The number of thioether (sulfide) groups is 1. The third-order valence-electron chi connectivity index (χ3n) is 3.44. The standard InChI is InChI=1S/C18H21NO4S/c1-12(2)15-6-8-23-17(15)18(22)19-14-5-3-4-13(10-14)11-24-9-7-16(20)21/h3-6,8,10,12H,7,9,11H2,1-2H3,(H,19,22)(H,20,21). The Hall–Kier alpha value is -2.21. The zero-order valence-electron chi connectivity index (χ0n) is 13.7. The maximum atomic E-state index is 12.4. The van der Waals surface area contributed by atoms with E-state index in [1.165, 1.54) is 6.26 Å². The highest BCUT2D eigenvalue weighted by Crippen LogP contribution is 2.22. The molecule has 1 aromatic carbocycles. The highest BCUT2D eigenvalue weighted by Gasteiger charge is 2.17. The molecule has 5 nitrogen and oxygen atoms in total. The molecule has 0 saturated carbocycles. The van der Waals surface area contributed by atoms with E-state index in [2.05, 4.69) is 5.32 Å². The molecule has 6 heteroatoms. The monoisotopic (exact) mass is 347 g/mol. The molecule has 128 valence electrons. The molecule has 1 aromatic heterocycles. The van der Waals surface area contributed by atoms with Crippen molar-refractivity contribution in [1.29, 1.82) is 0 Å². The first-order valence-electron chi connectivity index (χ1n) is 7.74. The number of hydrogen-bond acceptors (Lipinski definition) is 4. The van der Waals surface area contributed by atoms with E-state index in [1.807, 2.05) is 44.2 Å². The summed E-state index contributed by atoms with van der Waals surface area (Å²) in [5.74, 6) is 0.764. The van der Waals surface area contributed by atoms with Gasteiger partial charge >= 0.3 is 5.97 Å². The van der Waals surface area contributed by atoms with Gasteiger partial charge < -0.3 is 14.8 Å². The predicted octanol–water partition coefficient (Wildman–Crippen LogP) is 4.36. The maximum Gasteiger partial charge on any atom is 0.304 e. The third kappa shape index (κ3) is 5.16. The van der Waals surface area contributed by atoms with Crippen LogP contribution in [0.2, 0.25) is 0 Å². The topological polar surface area (TPSA) is 79.5 Å². The Morgan fingerprint density at radius 2 is 2.08 bits per heavy atom. The average Bonchev–Trinajstić information content (AvgIpc) is 3.02. The lowest BCUT2D eigenvalue weighted by Gasteiger charge is -2.08. The molecule has 0 aliphatic carbocycles. The smallest absolute Gasteiger partial charge is 0.304 e. The fraction of sp³-hybridized carbons (Fsp3) is 0.333. The Bertz CT molecular complexity index is 709. The molecular weight excluding hydrogens is 326 g/mol. The first-order valence-corrected chi connectivity index (χ1v) is 8.90. The summed E-state index contributed by atoms with van der Waals surface area (Å²) in [5.41, 5.74) is 2.61. The lowest BCUT2D eigenvalue weighted by atomic mass is 10.0. The average molecular weight is 347 g/mol. The van der Waals surface area contributed by atoms with Crippen LogP contribution in [0.5, 0.6) is 0 Å². The molecule has 24 heavy (non-hydrogen) atoms. The Balaban J connectivity index is 1.97. The highest BCUT2D eigenvalue weighted by atomic mass is 32.2. The van der Waals surface area contributed by atoms with Crippen molar-refractivity contribution >= 4 is 29.3 Å². The molecule has 0 unspecified atom stereocenters.